The third kappa shape index (κ3) is 3.14. The maximum Gasteiger partial charge on any atom is 0.268 e. The minimum Gasteiger partial charge on any atom is -0.331 e. The van der Waals surface area contributed by atoms with Gasteiger partial charge in [0.1, 0.15) is 4.90 Å². The van der Waals surface area contributed by atoms with Crippen molar-refractivity contribution in [2.75, 3.05) is 26.7 Å². The molecule has 8 heteroatoms. The lowest BCUT2D eigenvalue weighted by Crippen LogP contribution is -2.64. The van der Waals surface area contributed by atoms with Crippen LogP contribution < -0.4 is 0 Å². The Morgan fingerprint density at radius 1 is 1.15 bits per heavy atom. The molecule has 1 fully saturated rings. The average Bonchev–Trinajstić information content (AvgIpc) is 2.73. The number of rotatable bonds is 1. The summed E-state index contributed by atoms with van der Waals surface area (Å²) in [5.74, 6) is -0.781. The largest absolute Gasteiger partial charge is 0.331 e. The molecule has 0 atom stereocenters. The number of piperazine rings is 1. The van der Waals surface area contributed by atoms with Crippen molar-refractivity contribution in [3.8, 4) is 0 Å². The van der Waals surface area contributed by atoms with Crippen molar-refractivity contribution in [3.05, 3.63) is 29.3 Å². The van der Waals surface area contributed by atoms with E-state index in [1.165, 1.54) is 19.2 Å². The summed E-state index contributed by atoms with van der Waals surface area (Å²) < 4.78 is 25.5. The second kappa shape index (κ2) is 6.04. The highest BCUT2D eigenvalue weighted by Gasteiger charge is 2.42. The molecule has 2 heterocycles. The summed E-state index contributed by atoms with van der Waals surface area (Å²) in [5.41, 5.74) is 0.0233. The maximum absolute atomic E-state index is 13.2. The van der Waals surface area contributed by atoms with Crippen LogP contribution in [-0.2, 0) is 10.0 Å². The summed E-state index contributed by atoms with van der Waals surface area (Å²) in [6, 6.07) is 4.31. The summed E-state index contributed by atoms with van der Waals surface area (Å²) in [5, 5.41) is 0. The summed E-state index contributed by atoms with van der Waals surface area (Å²) in [7, 11) is -2.64. The first-order valence-corrected chi connectivity index (χ1v) is 10.5. The maximum atomic E-state index is 13.2. The molecule has 0 unspecified atom stereocenters. The van der Waals surface area contributed by atoms with Gasteiger partial charge in [0.25, 0.3) is 21.8 Å². The molecule has 0 saturated carbocycles. The third-order valence-electron chi connectivity index (χ3n) is 5.48. The zero-order chi connectivity index (χ0) is 20.4. The van der Waals surface area contributed by atoms with Crippen LogP contribution in [0.1, 0.15) is 55.3 Å². The Labute approximate surface area is 161 Å². The minimum absolute atomic E-state index is 0.0129. The molecule has 0 N–H and O–H groups in total. The topological polar surface area (TPSA) is 78.0 Å². The summed E-state index contributed by atoms with van der Waals surface area (Å²) >= 11 is 0. The van der Waals surface area contributed by atoms with Gasteiger partial charge in [-0.25, -0.2) is 12.7 Å². The van der Waals surface area contributed by atoms with Crippen LogP contribution in [-0.4, -0.2) is 72.1 Å². The standard InChI is InChI=1S/C19H27N3O4S/c1-18(2,3)21-9-10-22(19(4,5)12-21)16(23)13-7-8-14-15(11-13)27(25,26)20(6)17(14)24/h7-8,11H,9-10,12H2,1-6H3. The van der Waals surface area contributed by atoms with Gasteiger partial charge in [0.05, 0.1) is 11.1 Å². The lowest BCUT2D eigenvalue weighted by molar-refractivity contribution is -0.0110. The highest BCUT2D eigenvalue weighted by Crippen LogP contribution is 2.32. The van der Waals surface area contributed by atoms with Gasteiger partial charge in [-0.15, -0.1) is 0 Å². The highest BCUT2D eigenvalue weighted by molar-refractivity contribution is 7.90. The third-order valence-corrected chi connectivity index (χ3v) is 7.26. The fraction of sp³-hybridized carbons (Fsp3) is 0.579. The van der Waals surface area contributed by atoms with E-state index in [9.17, 15) is 18.0 Å². The molecule has 1 aromatic carbocycles. The van der Waals surface area contributed by atoms with Crippen LogP contribution in [0.15, 0.2) is 23.1 Å². The van der Waals surface area contributed by atoms with E-state index < -0.39 is 21.5 Å². The monoisotopic (exact) mass is 393 g/mol. The molecule has 0 radical (unpaired) electrons. The van der Waals surface area contributed by atoms with Crippen molar-refractivity contribution in [2.24, 2.45) is 0 Å². The van der Waals surface area contributed by atoms with Crippen LogP contribution in [0.4, 0.5) is 0 Å². The van der Waals surface area contributed by atoms with E-state index in [0.717, 1.165) is 17.4 Å². The Kier molecular flexibility index (Phi) is 4.43. The zero-order valence-corrected chi connectivity index (χ0v) is 17.6. The molecule has 2 aliphatic rings. The Hall–Kier alpha value is -1.93. The lowest BCUT2D eigenvalue weighted by Gasteiger charge is -2.51. The number of carbonyl (C=O) groups is 2. The molecule has 3 rings (SSSR count). The van der Waals surface area contributed by atoms with Crippen LogP contribution in [0.3, 0.4) is 0 Å². The number of carbonyl (C=O) groups excluding carboxylic acids is 2. The molecule has 148 valence electrons. The van der Waals surface area contributed by atoms with Gasteiger partial charge in [-0.3, -0.25) is 14.5 Å². The van der Waals surface area contributed by atoms with Crippen molar-refractivity contribution >= 4 is 21.8 Å². The normalized spacial score (nSPS) is 22.1. The van der Waals surface area contributed by atoms with E-state index in [4.69, 9.17) is 0 Å². The van der Waals surface area contributed by atoms with Crippen LogP contribution in [0, 0.1) is 0 Å². The minimum atomic E-state index is -3.87. The predicted octanol–water partition coefficient (Wildman–Crippen LogP) is 1.80. The fourth-order valence-electron chi connectivity index (χ4n) is 3.73. The second-order valence-corrected chi connectivity index (χ2v) is 10.8. The zero-order valence-electron chi connectivity index (χ0n) is 16.7. The molecule has 1 saturated heterocycles. The van der Waals surface area contributed by atoms with Gasteiger partial charge >= 0.3 is 0 Å². The molecule has 0 aliphatic carbocycles. The van der Waals surface area contributed by atoms with E-state index in [0.29, 0.717) is 6.54 Å². The molecule has 27 heavy (non-hydrogen) atoms. The van der Waals surface area contributed by atoms with E-state index in [2.05, 4.69) is 25.7 Å². The SMILES string of the molecule is CN1C(=O)c2ccc(C(=O)N3CCN(C(C)(C)C)CC3(C)C)cc2S1(=O)=O. The second-order valence-electron chi connectivity index (χ2n) is 8.85. The first kappa shape index (κ1) is 19.8. The van der Waals surface area contributed by atoms with Gasteiger partial charge in [-0.2, -0.15) is 0 Å². The Balaban J connectivity index is 1.92. The number of sulfonamides is 1. The van der Waals surface area contributed by atoms with Gasteiger partial charge in [-0.1, -0.05) is 0 Å². The Bertz CT molecular complexity index is 915. The van der Waals surface area contributed by atoms with Crippen molar-refractivity contribution in [3.63, 3.8) is 0 Å². The molecule has 2 aliphatic heterocycles. The molecule has 0 aromatic heterocycles. The van der Waals surface area contributed by atoms with Crippen LogP contribution >= 0.6 is 0 Å². The number of benzene rings is 1. The number of hydrogen-bond donors (Lipinski definition) is 0. The van der Waals surface area contributed by atoms with E-state index in [-0.39, 0.29) is 27.5 Å². The van der Waals surface area contributed by atoms with Crippen LogP contribution in [0.5, 0.6) is 0 Å². The van der Waals surface area contributed by atoms with Gasteiger partial charge in [0.2, 0.25) is 0 Å². The molecular formula is C19H27N3O4S. The molecule has 7 nitrogen and oxygen atoms in total. The van der Waals surface area contributed by atoms with E-state index in [1.807, 2.05) is 13.8 Å². The molecule has 0 spiro atoms. The first-order chi connectivity index (χ1) is 12.3. The van der Waals surface area contributed by atoms with Crippen molar-refractivity contribution < 1.29 is 18.0 Å². The quantitative estimate of drug-likeness (QED) is 0.727. The Morgan fingerprint density at radius 3 is 2.33 bits per heavy atom. The van der Waals surface area contributed by atoms with Gasteiger partial charge in [0.15, 0.2) is 0 Å². The van der Waals surface area contributed by atoms with E-state index in [1.54, 1.807) is 11.0 Å². The predicted molar refractivity (Wildman–Crippen MR) is 102 cm³/mol. The van der Waals surface area contributed by atoms with Crippen molar-refractivity contribution in [1.82, 2.24) is 14.1 Å². The van der Waals surface area contributed by atoms with Crippen LogP contribution in [0.25, 0.3) is 0 Å². The van der Waals surface area contributed by atoms with Crippen molar-refractivity contribution in [1.29, 1.82) is 0 Å². The molecule has 2 amide bonds. The Morgan fingerprint density at radius 2 is 1.78 bits per heavy atom. The number of hydrogen-bond acceptors (Lipinski definition) is 5. The summed E-state index contributed by atoms with van der Waals surface area (Å²) in [4.78, 5) is 29.3. The number of fused-ring (bicyclic) bond motifs is 1. The van der Waals surface area contributed by atoms with Gasteiger partial charge in [-0.05, 0) is 52.8 Å². The summed E-state index contributed by atoms with van der Waals surface area (Å²) in [6.45, 7) is 12.5. The molecule has 1 aromatic rings. The van der Waals surface area contributed by atoms with Crippen LogP contribution in [0.2, 0.25) is 0 Å². The van der Waals surface area contributed by atoms with Crippen molar-refractivity contribution in [2.45, 2.75) is 50.6 Å². The first-order valence-electron chi connectivity index (χ1n) is 9.01. The smallest absolute Gasteiger partial charge is 0.268 e. The fourth-order valence-corrected chi connectivity index (χ4v) is 5.05. The lowest BCUT2D eigenvalue weighted by atomic mass is 9.93. The number of amides is 2. The van der Waals surface area contributed by atoms with Gasteiger partial charge < -0.3 is 4.90 Å². The van der Waals surface area contributed by atoms with Gasteiger partial charge in [0, 0.05) is 37.8 Å². The summed E-state index contributed by atoms with van der Waals surface area (Å²) in [6.07, 6.45) is 0. The average molecular weight is 394 g/mol. The molecule has 0 bridgehead atoms. The van der Waals surface area contributed by atoms with E-state index >= 15 is 0 Å². The number of nitrogens with zero attached hydrogens (tertiary/aromatic N) is 3. The molecular weight excluding hydrogens is 366 g/mol. The highest BCUT2D eigenvalue weighted by atomic mass is 32.2.